The number of H-pyrrole nitrogens is 1. The van der Waals surface area contributed by atoms with E-state index in [2.05, 4.69) is 37.0 Å². The van der Waals surface area contributed by atoms with Crippen molar-refractivity contribution in [3.05, 3.63) is 22.9 Å². The summed E-state index contributed by atoms with van der Waals surface area (Å²) in [5.41, 5.74) is 8.57. The minimum atomic E-state index is -0.0343. The van der Waals surface area contributed by atoms with Crippen LogP contribution in [0.5, 0.6) is 0 Å². The Morgan fingerprint density at radius 3 is 2.58 bits per heavy atom. The predicted molar refractivity (Wildman–Crippen MR) is 75.8 cm³/mol. The van der Waals surface area contributed by atoms with E-state index in [1.54, 1.807) is 0 Å². The van der Waals surface area contributed by atoms with Crippen molar-refractivity contribution in [1.82, 2.24) is 15.1 Å². The van der Waals surface area contributed by atoms with E-state index in [0.29, 0.717) is 12.1 Å². The first-order chi connectivity index (χ1) is 8.80. The number of carbonyl (C=O) groups excluding carboxylic acids is 1. The molecular weight excluding hydrogens is 240 g/mol. The van der Waals surface area contributed by atoms with Crippen LogP contribution in [0.25, 0.3) is 0 Å². The van der Waals surface area contributed by atoms with E-state index in [1.807, 2.05) is 11.8 Å². The molecule has 1 aliphatic rings. The van der Waals surface area contributed by atoms with Crippen LogP contribution in [0.4, 0.5) is 5.82 Å². The lowest BCUT2D eigenvalue weighted by molar-refractivity contribution is 0.0765. The topological polar surface area (TPSA) is 75.0 Å². The molecule has 0 bridgehead atoms. The smallest absolute Gasteiger partial charge is 0.259 e. The quantitative estimate of drug-likeness (QED) is 0.761. The van der Waals surface area contributed by atoms with Gasteiger partial charge in [-0.1, -0.05) is 32.4 Å². The molecule has 0 radical (unpaired) electrons. The first-order valence-electron chi connectivity index (χ1n) is 6.60. The van der Waals surface area contributed by atoms with E-state index in [9.17, 15) is 4.79 Å². The summed E-state index contributed by atoms with van der Waals surface area (Å²) in [6, 6.07) is 0. The molecule has 0 fully saturated rings. The van der Waals surface area contributed by atoms with Crippen molar-refractivity contribution >= 4 is 11.7 Å². The minimum absolute atomic E-state index is 0.0343. The number of nitrogens with one attached hydrogen (secondary N) is 1. The lowest BCUT2D eigenvalue weighted by Crippen LogP contribution is -2.36. The van der Waals surface area contributed by atoms with Gasteiger partial charge in [-0.25, -0.2) is 0 Å². The number of aromatic nitrogens is 2. The highest BCUT2D eigenvalue weighted by Gasteiger charge is 2.26. The van der Waals surface area contributed by atoms with Crippen molar-refractivity contribution in [3.63, 3.8) is 0 Å². The van der Waals surface area contributed by atoms with Crippen molar-refractivity contribution in [2.24, 2.45) is 5.41 Å². The molecule has 2 heterocycles. The fourth-order valence-electron chi connectivity index (χ4n) is 2.41. The molecule has 0 aromatic carbocycles. The summed E-state index contributed by atoms with van der Waals surface area (Å²) in [5, 5.41) is 6.63. The number of hydrogen-bond acceptors (Lipinski definition) is 3. The maximum atomic E-state index is 12.4. The zero-order valence-corrected chi connectivity index (χ0v) is 12.1. The standard InChI is InChI=1S/C14H22N4O/c1-9-11(12(15)17-16-9)13(19)18-7-5-10(6-8-18)14(2,3)4/h5H,6-8H2,1-4H3,(H3,15,16,17). The van der Waals surface area contributed by atoms with Crippen molar-refractivity contribution in [2.75, 3.05) is 18.8 Å². The second-order valence-electron chi connectivity index (χ2n) is 6.09. The molecule has 0 unspecified atom stereocenters. The Bertz CT molecular complexity index is 503. The van der Waals surface area contributed by atoms with Gasteiger partial charge >= 0.3 is 0 Å². The van der Waals surface area contributed by atoms with Gasteiger partial charge in [-0.05, 0) is 18.8 Å². The number of hydrogen-bond donors (Lipinski definition) is 2. The number of nitrogen functional groups attached to an aromatic ring is 1. The zero-order chi connectivity index (χ0) is 14.2. The molecule has 5 nitrogen and oxygen atoms in total. The van der Waals surface area contributed by atoms with Gasteiger partial charge in [0.05, 0.1) is 0 Å². The maximum Gasteiger partial charge on any atom is 0.259 e. The van der Waals surface area contributed by atoms with Crippen LogP contribution in [0.15, 0.2) is 11.6 Å². The number of nitrogens with two attached hydrogens (primary N) is 1. The van der Waals surface area contributed by atoms with Crippen molar-refractivity contribution in [1.29, 1.82) is 0 Å². The highest BCUT2D eigenvalue weighted by Crippen LogP contribution is 2.30. The van der Waals surface area contributed by atoms with E-state index in [1.165, 1.54) is 5.57 Å². The number of aromatic amines is 1. The van der Waals surface area contributed by atoms with Crippen molar-refractivity contribution in [2.45, 2.75) is 34.1 Å². The molecular formula is C14H22N4O. The SMILES string of the molecule is Cc1[nH]nc(N)c1C(=O)N1CC=C(C(C)(C)C)CC1. The molecule has 19 heavy (non-hydrogen) atoms. The molecule has 104 valence electrons. The second-order valence-corrected chi connectivity index (χ2v) is 6.09. The Morgan fingerprint density at radius 2 is 2.16 bits per heavy atom. The minimum Gasteiger partial charge on any atom is -0.382 e. The van der Waals surface area contributed by atoms with Gasteiger partial charge in [-0.2, -0.15) is 5.10 Å². The van der Waals surface area contributed by atoms with E-state index in [4.69, 9.17) is 5.73 Å². The monoisotopic (exact) mass is 262 g/mol. The summed E-state index contributed by atoms with van der Waals surface area (Å²) in [5.74, 6) is 0.251. The van der Waals surface area contributed by atoms with Crippen LogP contribution in [0, 0.1) is 12.3 Å². The van der Waals surface area contributed by atoms with E-state index >= 15 is 0 Å². The molecule has 0 saturated carbocycles. The average molecular weight is 262 g/mol. The van der Waals surface area contributed by atoms with Gasteiger partial charge in [0.25, 0.3) is 5.91 Å². The fourth-order valence-corrected chi connectivity index (χ4v) is 2.41. The Hall–Kier alpha value is -1.78. The Labute approximate surface area is 113 Å². The van der Waals surface area contributed by atoms with Crippen LogP contribution in [0.3, 0.4) is 0 Å². The summed E-state index contributed by atoms with van der Waals surface area (Å²) in [6.45, 7) is 9.82. The Kier molecular flexibility index (Phi) is 3.39. The molecule has 1 aromatic heterocycles. The third-order valence-corrected chi connectivity index (χ3v) is 3.65. The summed E-state index contributed by atoms with van der Waals surface area (Å²) in [4.78, 5) is 14.2. The van der Waals surface area contributed by atoms with Gasteiger partial charge in [0.1, 0.15) is 5.56 Å². The number of anilines is 1. The van der Waals surface area contributed by atoms with Crippen LogP contribution in [0.1, 0.15) is 43.2 Å². The number of aryl methyl sites for hydroxylation is 1. The highest BCUT2D eigenvalue weighted by molar-refractivity contribution is 5.99. The molecule has 0 saturated heterocycles. The van der Waals surface area contributed by atoms with Crippen molar-refractivity contribution < 1.29 is 4.79 Å². The fraction of sp³-hybridized carbons (Fsp3) is 0.571. The van der Waals surface area contributed by atoms with Crippen LogP contribution >= 0.6 is 0 Å². The number of carbonyl (C=O) groups is 1. The largest absolute Gasteiger partial charge is 0.382 e. The molecule has 2 rings (SSSR count). The van der Waals surface area contributed by atoms with E-state index in [-0.39, 0.29) is 17.1 Å². The first kappa shape index (κ1) is 13.6. The van der Waals surface area contributed by atoms with Gasteiger partial charge in [-0.3, -0.25) is 9.89 Å². The van der Waals surface area contributed by atoms with Gasteiger partial charge in [-0.15, -0.1) is 0 Å². The van der Waals surface area contributed by atoms with Crippen LogP contribution < -0.4 is 5.73 Å². The molecule has 0 spiro atoms. The third kappa shape index (κ3) is 2.64. The lowest BCUT2D eigenvalue weighted by Gasteiger charge is -2.32. The van der Waals surface area contributed by atoms with E-state index in [0.717, 1.165) is 18.7 Å². The van der Waals surface area contributed by atoms with Gasteiger partial charge < -0.3 is 10.6 Å². The van der Waals surface area contributed by atoms with Gasteiger partial charge in [0.2, 0.25) is 0 Å². The summed E-state index contributed by atoms with van der Waals surface area (Å²) in [6.07, 6.45) is 3.08. The summed E-state index contributed by atoms with van der Waals surface area (Å²) in [7, 11) is 0. The average Bonchev–Trinajstić information content (AvgIpc) is 2.67. The van der Waals surface area contributed by atoms with Gasteiger partial charge in [0, 0.05) is 18.8 Å². The lowest BCUT2D eigenvalue weighted by atomic mass is 9.83. The first-order valence-corrected chi connectivity index (χ1v) is 6.60. The van der Waals surface area contributed by atoms with E-state index < -0.39 is 0 Å². The third-order valence-electron chi connectivity index (χ3n) is 3.65. The Morgan fingerprint density at radius 1 is 1.47 bits per heavy atom. The Balaban J connectivity index is 2.15. The zero-order valence-electron chi connectivity index (χ0n) is 12.1. The molecule has 5 heteroatoms. The summed E-state index contributed by atoms with van der Waals surface area (Å²) < 4.78 is 0. The summed E-state index contributed by atoms with van der Waals surface area (Å²) >= 11 is 0. The molecule has 1 aromatic rings. The molecule has 1 amide bonds. The highest BCUT2D eigenvalue weighted by atomic mass is 16.2. The van der Waals surface area contributed by atoms with Crippen LogP contribution in [-0.4, -0.2) is 34.1 Å². The predicted octanol–water partition coefficient (Wildman–Crippen LogP) is 2.12. The molecule has 0 aliphatic carbocycles. The number of amides is 1. The number of rotatable bonds is 1. The van der Waals surface area contributed by atoms with Crippen molar-refractivity contribution in [3.8, 4) is 0 Å². The second kappa shape index (κ2) is 4.72. The normalized spacial score (nSPS) is 16.4. The molecule has 0 atom stereocenters. The molecule has 3 N–H and O–H groups in total. The maximum absolute atomic E-state index is 12.4. The number of nitrogens with zero attached hydrogens (tertiary/aromatic N) is 2. The van der Waals surface area contributed by atoms with Gasteiger partial charge in [0.15, 0.2) is 5.82 Å². The van der Waals surface area contributed by atoms with Crippen LogP contribution in [-0.2, 0) is 0 Å². The molecule has 1 aliphatic heterocycles. The van der Waals surface area contributed by atoms with Crippen LogP contribution in [0.2, 0.25) is 0 Å².